The molecule has 10 nitrogen and oxygen atoms in total. The molecule has 2 aromatic heterocycles. The van der Waals surface area contributed by atoms with Crippen molar-refractivity contribution >= 4 is 57.7 Å². The number of aromatic nitrogens is 4. The average molecular weight is 688 g/mol. The number of halogens is 10. The van der Waals surface area contributed by atoms with Gasteiger partial charge in [0, 0.05) is 25.7 Å². The number of nitrogens with one attached hydrogen (secondary N) is 4. The molecule has 0 unspecified atom stereocenters. The van der Waals surface area contributed by atoms with Crippen LogP contribution in [-0.4, -0.2) is 57.3 Å². The molecule has 4 rings (SSSR count). The minimum Gasteiger partial charge on any atom is -0.487 e. The fraction of sp³-hybridized carbons (Fsp3) is 0.280. The van der Waals surface area contributed by atoms with Crippen molar-refractivity contribution in [2.45, 2.75) is 25.3 Å². The topological polar surface area (TPSA) is 126 Å². The number of benzene rings is 2. The van der Waals surface area contributed by atoms with Crippen LogP contribution < -0.4 is 20.7 Å². The van der Waals surface area contributed by atoms with E-state index in [1.807, 2.05) is 5.10 Å². The molecule has 20 heteroatoms. The van der Waals surface area contributed by atoms with Crippen LogP contribution in [0.3, 0.4) is 0 Å². The fourth-order valence-electron chi connectivity index (χ4n) is 3.87. The van der Waals surface area contributed by atoms with Crippen LogP contribution in [0.2, 0.25) is 10.0 Å². The third-order valence-corrected chi connectivity index (χ3v) is 6.75. The van der Waals surface area contributed by atoms with Crippen LogP contribution in [0.25, 0.3) is 11.0 Å². The van der Waals surface area contributed by atoms with Crippen LogP contribution in [0.1, 0.15) is 32.1 Å². The van der Waals surface area contributed by atoms with Crippen molar-refractivity contribution in [3.63, 3.8) is 0 Å². The number of rotatable bonds is 10. The van der Waals surface area contributed by atoms with Crippen LogP contribution >= 0.6 is 23.2 Å². The Morgan fingerprint density at radius 3 is 2.38 bits per heavy atom. The van der Waals surface area contributed by atoms with E-state index in [0.717, 1.165) is 12.1 Å². The van der Waals surface area contributed by atoms with Crippen molar-refractivity contribution in [3.8, 4) is 5.75 Å². The van der Waals surface area contributed by atoms with E-state index in [1.165, 1.54) is 23.7 Å². The first-order chi connectivity index (χ1) is 20.9. The molecule has 0 saturated carbocycles. The molecule has 4 aromatic rings. The summed E-state index contributed by atoms with van der Waals surface area (Å²) in [7, 11) is 1.48. The number of hydrogen-bond acceptors (Lipinski definition) is 6. The third-order valence-electron chi connectivity index (χ3n) is 6.00. The van der Waals surface area contributed by atoms with Gasteiger partial charge >= 0.3 is 12.4 Å². The van der Waals surface area contributed by atoms with Gasteiger partial charge in [-0.3, -0.25) is 14.7 Å². The zero-order valence-corrected chi connectivity index (χ0v) is 23.9. The predicted molar refractivity (Wildman–Crippen MR) is 145 cm³/mol. The number of carbonyl (C=O) groups excluding carboxylic acids is 2. The predicted octanol–water partition coefficient (Wildman–Crippen LogP) is 6.23. The van der Waals surface area contributed by atoms with Crippen LogP contribution in [0, 0.1) is 0 Å². The molecule has 2 amide bonds. The van der Waals surface area contributed by atoms with Crippen LogP contribution in [-0.2, 0) is 19.8 Å². The van der Waals surface area contributed by atoms with Crippen LogP contribution in [0.15, 0.2) is 30.3 Å². The second kappa shape index (κ2) is 13.0. The van der Waals surface area contributed by atoms with E-state index in [9.17, 15) is 44.7 Å². The summed E-state index contributed by atoms with van der Waals surface area (Å²) in [6.07, 6.45) is -12.4. The largest absolute Gasteiger partial charge is 0.487 e. The molecule has 2 heterocycles. The van der Waals surface area contributed by atoms with Crippen LogP contribution in [0.4, 0.5) is 46.8 Å². The second-order valence-electron chi connectivity index (χ2n) is 9.20. The molecule has 0 bridgehead atoms. The molecule has 0 fully saturated rings. The van der Waals surface area contributed by atoms with Crippen molar-refractivity contribution in [2.75, 3.05) is 18.5 Å². The van der Waals surface area contributed by atoms with E-state index in [4.69, 9.17) is 27.9 Å². The highest BCUT2D eigenvalue weighted by molar-refractivity contribution is 6.39. The average Bonchev–Trinajstić information content (AvgIpc) is 3.57. The Hall–Kier alpha value is -4.32. The number of imidazole rings is 1. The summed E-state index contributed by atoms with van der Waals surface area (Å²) >= 11 is 12.8. The molecule has 242 valence electrons. The van der Waals surface area contributed by atoms with E-state index in [0.29, 0.717) is 6.07 Å². The molecule has 2 aromatic carbocycles. The van der Waals surface area contributed by atoms with Gasteiger partial charge in [-0.05, 0) is 17.7 Å². The lowest BCUT2D eigenvalue weighted by Gasteiger charge is -2.14. The van der Waals surface area contributed by atoms with E-state index in [-0.39, 0.29) is 44.8 Å². The smallest absolute Gasteiger partial charge is 0.435 e. The molecule has 45 heavy (non-hydrogen) atoms. The highest BCUT2D eigenvalue weighted by Crippen LogP contribution is 2.37. The molecule has 0 aliphatic rings. The Morgan fingerprint density at radius 2 is 1.76 bits per heavy atom. The summed E-state index contributed by atoms with van der Waals surface area (Å²) in [6.45, 7) is -3.09. The quantitative estimate of drug-likeness (QED) is 0.147. The number of H-pyrrole nitrogens is 1. The summed E-state index contributed by atoms with van der Waals surface area (Å²) in [5, 5.41) is 12.0. The number of alkyl halides is 8. The van der Waals surface area contributed by atoms with Crippen molar-refractivity contribution in [1.82, 2.24) is 30.4 Å². The van der Waals surface area contributed by atoms with Crippen molar-refractivity contribution in [2.24, 2.45) is 7.05 Å². The minimum atomic E-state index is -4.76. The van der Waals surface area contributed by atoms with Gasteiger partial charge in [-0.15, -0.1) is 0 Å². The van der Waals surface area contributed by atoms with E-state index >= 15 is 0 Å². The first-order valence-corrected chi connectivity index (χ1v) is 13.1. The Balaban J connectivity index is 1.60. The second-order valence-corrected chi connectivity index (χ2v) is 9.98. The molecule has 0 spiro atoms. The third kappa shape index (κ3) is 8.05. The lowest BCUT2D eigenvalue weighted by molar-refractivity contribution is -0.141. The summed E-state index contributed by atoms with van der Waals surface area (Å²) in [5.74, 6) is -2.55. The van der Waals surface area contributed by atoms with Crippen molar-refractivity contribution in [3.05, 3.63) is 62.9 Å². The van der Waals surface area contributed by atoms with Gasteiger partial charge in [0.05, 0.1) is 32.3 Å². The number of fused-ring (bicyclic) bond motifs is 1. The molecule has 0 radical (unpaired) electrons. The summed E-state index contributed by atoms with van der Waals surface area (Å²) < 4.78 is 108. The summed E-state index contributed by atoms with van der Waals surface area (Å²) in [4.78, 5) is 29.2. The molecular weight excluding hydrogens is 669 g/mol. The lowest BCUT2D eigenvalue weighted by atomic mass is 10.1. The number of hydrogen-bond donors (Lipinski definition) is 4. The number of aromatic amines is 1. The molecule has 0 aliphatic heterocycles. The van der Waals surface area contributed by atoms with Crippen LogP contribution in [0.5, 0.6) is 5.75 Å². The van der Waals surface area contributed by atoms with Gasteiger partial charge in [-0.1, -0.05) is 29.3 Å². The lowest BCUT2D eigenvalue weighted by Crippen LogP contribution is -2.34. The number of carbonyl (C=O) groups is 2. The van der Waals surface area contributed by atoms with Gasteiger partial charge in [0.25, 0.3) is 18.2 Å². The number of anilines is 2. The normalized spacial score (nSPS) is 12.1. The monoisotopic (exact) mass is 687 g/mol. The Kier molecular flexibility index (Phi) is 9.67. The molecule has 0 aliphatic carbocycles. The van der Waals surface area contributed by atoms with Gasteiger partial charge in [-0.2, -0.15) is 31.4 Å². The standard InChI is InChI=1S/C25H19Cl2F8N7O3/c1-42-15-6-16(45-8-18(28)29)11(21(43)37-9-24(30,31)32)4-13(15)38-23(42)39-20-12(26)3-2-10(19(20)27)7-36-22(44)14-5-17(41-40-14)25(33,34)35/h2-6,18H,7-9H2,1H3,(H,36,44)(H,37,43)(H,38,39)(H,40,41). The van der Waals surface area contributed by atoms with Gasteiger partial charge < -0.3 is 25.3 Å². The van der Waals surface area contributed by atoms with E-state index in [2.05, 4.69) is 20.7 Å². The van der Waals surface area contributed by atoms with E-state index in [1.54, 1.807) is 5.32 Å². The molecule has 0 saturated heterocycles. The Bertz CT molecular complexity index is 1740. The fourth-order valence-corrected chi connectivity index (χ4v) is 4.40. The van der Waals surface area contributed by atoms with Crippen molar-refractivity contribution < 1.29 is 49.4 Å². The number of nitrogens with zero attached hydrogens (tertiary/aromatic N) is 3. The zero-order valence-electron chi connectivity index (χ0n) is 22.4. The molecular formula is C25H19Cl2F8N7O3. The first-order valence-electron chi connectivity index (χ1n) is 12.4. The van der Waals surface area contributed by atoms with Crippen molar-refractivity contribution in [1.29, 1.82) is 0 Å². The zero-order chi connectivity index (χ0) is 33.3. The van der Waals surface area contributed by atoms with Gasteiger partial charge in [-0.25, -0.2) is 13.8 Å². The Labute approximate surface area is 257 Å². The number of aryl methyl sites for hydroxylation is 1. The highest BCUT2D eigenvalue weighted by atomic mass is 35.5. The maximum Gasteiger partial charge on any atom is 0.435 e. The number of ether oxygens (including phenoxy) is 1. The molecule has 0 atom stereocenters. The van der Waals surface area contributed by atoms with Gasteiger partial charge in [0.1, 0.15) is 24.6 Å². The van der Waals surface area contributed by atoms with Gasteiger partial charge in [0.2, 0.25) is 5.95 Å². The Morgan fingerprint density at radius 1 is 1.04 bits per heavy atom. The SMILES string of the molecule is Cn1c(Nc2c(Cl)ccc(CNC(=O)c3cc(C(F)(F)F)n[nH]3)c2Cl)nc2cc(C(=O)NCC(F)(F)F)c(OCC(F)F)cc21. The van der Waals surface area contributed by atoms with E-state index < -0.39 is 66.4 Å². The number of amides is 2. The maximum atomic E-state index is 12.8. The minimum absolute atomic E-state index is 0.0244. The maximum absolute atomic E-state index is 12.8. The molecule has 4 N–H and O–H groups in total. The first kappa shape index (κ1) is 33.6. The summed E-state index contributed by atoms with van der Waals surface area (Å²) in [6, 6.07) is 5.58. The highest BCUT2D eigenvalue weighted by Gasteiger charge is 2.34. The van der Waals surface area contributed by atoms with Gasteiger partial charge in [0.15, 0.2) is 5.69 Å². The summed E-state index contributed by atoms with van der Waals surface area (Å²) in [5.41, 5.74) is -1.61.